The molecule has 1 N–H and O–H groups in total. The number of hydrogen-bond donors (Lipinski definition) is 1. The van der Waals surface area contributed by atoms with Crippen molar-refractivity contribution in [3.8, 4) is 0 Å². The van der Waals surface area contributed by atoms with Gasteiger partial charge in [0.1, 0.15) is 6.61 Å². The SMILES string of the molecule is CCCCC/C=C\C/C=C\C/C=C\C/C=C\CCCCCC(=O)O[C@@H](CO)COC(=O)CCCCCCC/C=C\CCCCCCCCC. The molecule has 0 aromatic heterocycles. The van der Waals surface area contributed by atoms with E-state index >= 15 is 0 Å². The zero-order valence-corrected chi connectivity index (χ0v) is 31.9. The Bertz CT molecular complexity index is 869. The van der Waals surface area contributed by atoms with Gasteiger partial charge in [0.2, 0.25) is 0 Å². The van der Waals surface area contributed by atoms with E-state index in [1.54, 1.807) is 0 Å². The van der Waals surface area contributed by atoms with Crippen molar-refractivity contribution in [2.45, 2.75) is 193 Å². The molecule has 0 spiro atoms. The second-order valence-corrected chi connectivity index (χ2v) is 13.4. The standard InChI is InChI=1S/C44H76O5/c1-3-5-7-9-11-13-15-17-19-21-22-23-25-27-29-31-33-35-37-39-44(47)49-42(40-45)41-48-43(46)38-36-34-32-30-28-26-24-20-18-16-14-12-10-8-6-4-2/h11,13,17,19-20,22-24,27,29,42,45H,3-10,12,14-16,18,21,25-26,28,30-41H2,1-2H3/b13-11-,19-17-,23-22-,24-20-,29-27-/t42-/m0/s1. The predicted molar refractivity (Wildman–Crippen MR) is 210 cm³/mol. The number of unbranched alkanes of at least 4 members (excludes halogenated alkanes) is 18. The van der Waals surface area contributed by atoms with Crippen LogP contribution in [-0.2, 0) is 19.1 Å². The number of aliphatic hydroxyl groups is 1. The Hall–Kier alpha value is -2.40. The average Bonchev–Trinajstić information content (AvgIpc) is 3.10. The second kappa shape index (κ2) is 40.0. The van der Waals surface area contributed by atoms with Crippen LogP contribution in [0, 0.1) is 0 Å². The number of hydrogen-bond acceptors (Lipinski definition) is 5. The molecule has 0 amide bonds. The number of rotatable bonds is 36. The van der Waals surface area contributed by atoms with Gasteiger partial charge in [0.05, 0.1) is 6.61 Å². The quantitative estimate of drug-likeness (QED) is 0.0404. The van der Waals surface area contributed by atoms with E-state index in [1.807, 2.05) is 0 Å². The van der Waals surface area contributed by atoms with Crippen LogP contribution in [-0.4, -0.2) is 36.4 Å². The van der Waals surface area contributed by atoms with Crippen LogP contribution < -0.4 is 0 Å². The van der Waals surface area contributed by atoms with Crippen molar-refractivity contribution in [1.29, 1.82) is 0 Å². The van der Waals surface area contributed by atoms with Crippen LogP contribution >= 0.6 is 0 Å². The van der Waals surface area contributed by atoms with Gasteiger partial charge in [-0.05, 0) is 83.5 Å². The molecule has 0 aliphatic carbocycles. The monoisotopic (exact) mass is 685 g/mol. The van der Waals surface area contributed by atoms with E-state index in [-0.39, 0.29) is 25.2 Å². The third-order valence-corrected chi connectivity index (χ3v) is 8.53. The molecule has 0 radical (unpaired) electrons. The van der Waals surface area contributed by atoms with Gasteiger partial charge in [-0.3, -0.25) is 9.59 Å². The number of allylic oxidation sites excluding steroid dienone is 10. The van der Waals surface area contributed by atoms with E-state index in [4.69, 9.17) is 9.47 Å². The van der Waals surface area contributed by atoms with Crippen molar-refractivity contribution in [2.24, 2.45) is 0 Å². The van der Waals surface area contributed by atoms with Crippen molar-refractivity contribution in [3.63, 3.8) is 0 Å². The molecule has 0 saturated heterocycles. The number of carbonyl (C=O) groups excluding carboxylic acids is 2. The lowest BCUT2D eigenvalue weighted by Crippen LogP contribution is -2.28. The lowest BCUT2D eigenvalue weighted by molar-refractivity contribution is -0.161. The summed E-state index contributed by atoms with van der Waals surface area (Å²) in [5, 5.41) is 9.56. The van der Waals surface area contributed by atoms with Crippen molar-refractivity contribution < 1.29 is 24.2 Å². The molecule has 0 rings (SSSR count). The highest BCUT2D eigenvalue weighted by atomic mass is 16.6. The van der Waals surface area contributed by atoms with Gasteiger partial charge in [0.15, 0.2) is 6.10 Å². The Balaban J connectivity index is 3.65. The topological polar surface area (TPSA) is 72.8 Å². The van der Waals surface area contributed by atoms with Gasteiger partial charge in [0.25, 0.3) is 0 Å². The fourth-order valence-corrected chi connectivity index (χ4v) is 5.41. The lowest BCUT2D eigenvalue weighted by Gasteiger charge is -2.15. The van der Waals surface area contributed by atoms with Gasteiger partial charge in [-0.1, -0.05) is 152 Å². The minimum Gasteiger partial charge on any atom is -0.462 e. The summed E-state index contributed by atoms with van der Waals surface area (Å²) in [7, 11) is 0. The average molecular weight is 685 g/mol. The summed E-state index contributed by atoms with van der Waals surface area (Å²) >= 11 is 0. The van der Waals surface area contributed by atoms with E-state index < -0.39 is 6.10 Å². The molecular formula is C44H76O5. The van der Waals surface area contributed by atoms with Crippen molar-refractivity contribution in [2.75, 3.05) is 13.2 Å². The first-order valence-corrected chi connectivity index (χ1v) is 20.3. The maximum absolute atomic E-state index is 12.2. The third-order valence-electron chi connectivity index (χ3n) is 8.53. The van der Waals surface area contributed by atoms with Crippen LogP contribution in [0.2, 0.25) is 0 Å². The van der Waals surface area contributed by atoms with Crippen LogP contribution in [0.15, 0.2) is 60.8 Å². The summed E-state index contributed by atoms with van der Waals surface area (Å²) in [6.45, 7) is 4.07. The maximum atomic E-state index is 12.2. The van der Waals surface area contributed by atoms with Gasteiger partial charge in [-0.15, -0.1) is 0 Å². The smallest absolute Gasteiger partial charge is 0.306 e. The molecule has 1 atom stereocenters. The summed E-state index contributed by atoms with van der Waals surface area (Å²) < 4.78 is 10.6. The molecular weight excluding hydrogens is 608 g/mol. The molecule has 0 aliphatic heterocycles. The molecule has 49 heavy (non-hydrogen) atoms. The molecule has 0 saturated carbocycles. The summed E-state index contributed by atoms with van der Waals surface area (Å²) in [6.07, 6.45) is 51.3. The molecule has 0 aromatic rings. The number of carbonyl (C=O) groups is 2. The van der Waals surface area contributed by atoms with Crippen molar-refractivity contribution in [3.05, 3.63) is 60.8 Å². The molecule has 0 bridgehead atoms. The minimum absolute atomic E-state index is 0.0850. The van der Waals surface area contributed by atoms with Gasteiger partial charge < -0.3 is 14.6 Å². The van der Waals surface area contributed by atoms with Crippen LogP contribution in [0.5, 0.6) is 0 Å². The Labute approximate surface area is 302 Å². The summed E-state index contributed by atoms with van der Waals surface area (Å²) in [6, 6.07) is 0. The number of esters is 2. The first kappa shape index (κ1) is 46.6. The third kappa shape index (κ3) is 38.3. The molecule has 5 nitrogen and oxygen atoms in total. The Kier molecular flexibility index (Phi) is 38.1. The molecule has 5 heteroatoms. The summed E-state index contributed by atoms with van der Waals surface area (Å²) in [4.78, 5) is 24.3. The van der Waals surface area contributed by atoms with Crippen LogP contribution in [0.3, 0.4) is 0 Å². The fraction of sp³-hybridized carbons (Fsp3) is 0.727. The highest BCUT2D eigenvalue weighted by Crippen LogP contribution is 2.12. The van der Waals surface area contributed by atoms with E-state index in [2.05, 4.69) is 74.6 Å². The largest absolute Gasteiger partial charge is 0.462 e. The predicted octanol–water partition coefficient (Wildman–Crippen LogP) is 12.8. The molecule has 0 fully saturated rings. The Morgan fingerprint density at radius 1 is 0.469 bits per heavy atom. The first-order valence-electron chi connectivity index (χ1n) is 20.3. The van der Waals surface area contributed by atoms with Crippen molar-refractivity contribution >= 4 is 11.9 Å². The van der Waals surface area contributed by atoms with E-state index in [0.29, 0.717) is 12.8 Å². The van der Waals surface area contributed by atoms with Crippen LogP contribution in [0.4, 0.5) is 0 Å². The van der Waals surface area contributed by atoms with E-state index in [1.165, 1.54) is 89.9 Å². The highest BCUT2D eigenvalue weighted by Gasteiger charge is 2.16. The second-order valence-electron chi connectivity index (χ2n) is 13.4. The fourth-order valence-electron chi connectivity index (χ4n) is 5.41. The molecule has 0 aliphatic rings. The minimum atomic E-state index is -0.793. The molecule has 0 unspecified atom stereocenters. The van der Waals surface area contributed by atoms with Gasteiger partial charge in [0, 0.05) is 12.8 Å². The van der Waals surface area contributed by atoms with Crippen LogP contribution in [0.25, 0.3) is 0 Å². The Morgan fingerprint density at radius 2 is 0.816 bits per heavy atom. The normalized spacial score (nSPS) is 12.8. The Morgan fingerprint density at radius 3 is 1.31 bits per heavy atom. The first-order chi connectivity index (χ1) is 24.1. The van der Waals surface area contributed by atoms with Crippen LogP contribution in [0.1, 0.15) is 187 Å². The van der Waals surface area contributed by atoms with E-state index in [0.717, 1.165) is 70.6 Å². The number of ether oxygens (including phenoxy) is 2. The van der Waals surface area contributed by atoms with Gasteiger partial charge in [-0.2, -0.15) is 0 Å². The summed E-state index contributed by atoms with van der Waals surface area (Å²) in [5.41, 5.74) is 0. The van der Waals surface area contributed by atoms with Crippen molar-refractivity contribution in [1.82, 2.24) is 0 Å². The molecule has 0 aromatic carbocycles. The van der Waals surface area contributed by atoms with E-state index in [9.17, 15) is 14.7 Å². The molecule has 0 heterocycles. The highest BCUT2D eigenvalue weighted by molar-refractivity contribution is 5.70. The number of aliphatic hydroxyl groups excluding tert-OH is 1. The summed E-state index contributed by atoms with van der Waals surface area (Å²) in [5.74, 6) is -0.639. The zero-order chi connectivity index (χ0) is 35.7. The zero-order valence-electron chi connectivity index (χ0n) is 31.9. The maximum Gasteiger partial charge on any atom is 0.306 e. The molecule has 282 valence electrons. The lowest BCUT2D eigenvalue weighted by atomic mass is 10.1. The van der Waals surface area contributed by atoms with Gasteiger partial charge >= 0.3 is 11.9 Å². The van der Waals surface area contributed by atoms with Gasteiger partial charge in [-0.25, -0.2) is 0 Å².